The summed E-state index contributed by atoms with van der Waals surface area (Å²) in [6, 6.07) is 0. The lowest BCUT2D eigenvalue weighted by Crippen LogP contribution is -2.53. The van der Waals surface area contributed by atoms with Crippen LogP contribution in [0.4, 0.5) is 0 Å². The maximum atomic E-state index is 12.4. The van der Waals surface area contributed by atoms with Crippen molar-refractivity contribution in [1.29, 1.82) is 0 Å². The number of carbonyl (C=O) groups is 1. The lowest BCUT2D eigenvalue weighted by molar-refractivity contribution is -0.158. The molecule has 4 saturated carbocycles. The second kappa shape index (κ2) is 5.81. The minimum absolute atomic E-state index is 0.000175. The molecule has 0 heterocycles. The summed E-state index contributed by atoms with van der Waals surface area (Å²) in [5, 5.41) is 18.8. The largest absolute Gasteiger partial charge is 0.362 e. The van der Waals surface area contributed by atoms with Crippen molar-refractivity contribution in [2.24, 2.45) is 40.4 Å². The fraction of sp³-hybridized carbons (Fsp3) is 0.952. The van der Waals surface area contributed by atoms with Gasteiger partial charge in [-0.05, 0) is 85.9 Å². The van der Waals surface area contributed by atoms with E-state index in [0.717, 1.165) is 37.0 Å². The molecule has 0 saturated heterocycles. The van der Waals surface area contributed by atoms with Crippen LogP contribution in [0.3, 0.4) is 0 Å². The molecule has 7 atom stereocenters. The Bertz CT molecular complexity index is 515. The van der Waals surface area contributed by atoms with Gasteiger partial charge in [0.2, 0.25) is 6.29 Å². The van der Waals surface area contributed by atoms with Crippen LogP contribution in [0.1, 0.15) is 78.1 Å². The summed E-state index contributed by atoms with van der Waals surface area (Å²) in [6.07, 6.45) is 10.9. The molecule has 0 aromatic carbocycles. The van der Waals surface area contributed by atoms with Crippen LogP contribution in [-0.2, 0) is 4.79 Å². The van der Waals surface area contributed by atoms with Gasteiger partial charge in [-0.3, -0.25) is 4.79 Å². The molecule has 3 nitrogen and oxygen atoms in total. The molecule has 2 N–H and O–H groups in total. The summed E-state index contributed by atoms with van der Waals surface area (Å²) in [5.74, 6) is 2.68. The highest BCUT2D eigenvalue weighted by Crippen LogP contribution is 2.67. The molecular formula is C21H34O3. The maximum Gasteiger partial charge on any atom is 0.213 e. The van der Waals surface area contributed by atoms with Gasteiger partial charge < -0.3 is 10.2 Å². The van der Waals surface area contributed by atoms with Crippen LogP contribution < -0.4 is 0 Å². The molecule has 0 unspecified atom stereocenters. The molecule has 4 aliphatic carbocycles. The molecule has 0 aliphatic heterocycles. The number of ketones is 1. The third kappa shape index (κ3) is 2.26. The fourth-order valence-electron chi connectivity index (χ4n) is 7.94. The third-order valence-corrected chi connectivity index (χ3v) is 9.18. The minimum atomic E-state index is -1.78. The van der Waals surface area contributed by atoms with Gasteiger partial charge in [-0.1, -0.05) is 26.7 Å². The fourth-order valence-corrected chi connectivity index (χ4v) is 7.94. The number of fused-ring (bicyclic) bond motifs is 5. The van der Waals surface area contributed by atoms with Crippen molar-refractivity contribution in [3.8, 4) is 0 Å². The average Bonchev–Trinajstić information content (AvgIpc) is 2.90. The molecule has 24 heavy (non-hydrogen) atoms. The van der Waals surface area contributed by atoms with Gasteiger partial charge >= 0.3 is 0 Å². The van der Waals surface area contributed by atoms with Crippen molar-refractivity contribution in [3.63, 3.8) is 0 Å². The van der Waals surface area contributed by atoms with Gasteiger partial charge in [0.05, 0.1) is 0 Å². The van der Waals surface area contributed by atoms with E-state index in [4.69, 9.17) is 0 Å². The number of hydrogen-bond acceptors (Lipinski definition) is 3. The lowest BCUT2D eigenvalue weighted by atomic mass is 9.45. The number of carbonyl (C=O) groups excluding carboxylic acids is 1. The quantitative estimate of drug-likeness (QED) is 0.753. The summed E-state index contributed by atoms with van der Waals surface area (Å²) in [5.41, 5.74) is 0.529. The molecule has 3 heteroatoms. The Morgan fingerprint density at radius 1 is 0.875 bits per heavy atom. The average molecular weight is 335 g/mol. The van der Waals surface area contributed by atoms with Crippen molar-refractivity contribution < 1.29 is 15.0 Å². The maximum absolute atomic E-state index is 12.4. The van der Waals surface area contributed by atoms with Gasteiger partial charge in [0, 0.05) is 5.92 Å². The van der Waals surface area contributed by atoms with E-state index in [-0.39, 0.29) is 17.1 Å². The summed E-state index contributed by atoms with van der Waals surface area (Å²) >= 11 is 0. The van der Waals surface area contributed by atoms with Crippen LogP contribution in [0.5, 0.6) is 0 Å². The van der Waals surface area contributed by atoms with Gasteiger partial charge in [-0.25, -0.2) is 0 Å². The van der Waals surface area contributed by atoms with Gasteiger partial charge in [0.25, 0.3) is 0 Å². The van der Waals surface area contributed by atoms with E-state index >= 15 is 0 Å². The molecule has 4 aliphatic rings. The summed E-state index contributed by atoms with van der Waals surface area (Å²) in [4.78, 5) is 12.4. The summed E-state index contributed by atoms with van der Waals surface area (Å²) in [7, 11) is 0. The Morgan fingerprint density at radius 2 is 1.62 bits per heavy atom. The van der Waals surface area contributed by atoms with Crippen molar-refractivity contribution >= 4 is 5.78 Å². The molecule has 4 rings (SSSR count). The van der Waals surface area contributed by atoms with Crippen LogP contribution in [-0.4, -0.2) is 22.3 Å². The van der Waals surface area contributed by atoms with Gasteiger partial charge in [-0.2, -0.15) is 0 Å². The number of aliphatic hydroxyl groups is 2. The van der Waals surface area contributed by atoms with Crippen LogP contribution in [0.25, 0.3) is 0 Å². The Balaban J connectivity index is 1.60. The highest BCUT2D eigenvalue weighted by molar-refractivity contribution is 5.84. The van der Waals surface area contributed by atoms with Crippen molar-refractivity contribution in [2.45, 2.75) is 84.3 Å². The van der Waals surface area contributed by atoms with E-state index in [9.17, 15) is 15.0 Å². The van der Waals surface area contributed by atoms with Crippen LogP contribution in [0.15, 0.2) is 0 Å². The number of Topliss-reactive ketones (excluding diaryl/α,β-unsaturated/α-hetero) is 1. The smallest absolute Gasteiger partial charge is 0.213 e. The molecule has 0 aromatic rings. The zero-order valence-corrected chi connectivity index (χ0v) is 15.3. The van der Waals surface area contributed by atoms with E-state index < -0.39 is 6.29 Å². The molecule has 136 valence electrons. The summed E-state index contributed by atoms with van der Waals surface area (Å²) in [6.45, 7) is 4.85. The Kier molecular flexibility index (Phi) is 4.12. The third-order valence-electron chi connectivity index (χ3n) is 9.18. The Morgan fingerprint density at radius 3 is 2.38 bits per heavy atom. The number of hydrogen-bond donors (Lipinski definition) is 2. The molecule has 0 radical (unpaired) electrons. The van der Waals surface area contributed by atoms with Gasteiger partial charge in [-0.15, -0.1) is 0 Å². The van der Waals surface area contributed by atoms with Crippen LogP contribution >= 0.6 is 0 Å². The highest BCUT2D eigenvalue weighted by Gasteiger charge is 2.61. The van der Waals surface area contributed by atoms with Crippen molar-refractivity contribution in [3.05, 3.63) is 0 Å². The van der Waals surface area contributed by atoms with Gasteiger partial charge in [0.15, 0.2) is 5.78 Å². The first-order chi connectivity index (χ1) is 11.4. The topological polar surface area (TPSA) is 57.5 Å². The Labute approximate surface area is 146 Å². The van der Waals surface area contributed by atoms with E-state index in [2.05, 4.69) is 13.8 Å². The van der Waals surface area contributed by atoms with Crippen LogP contribution in [0, 0.1) is 40.4 Å². The standard InChI is InChI=1S/C21H34O3/c1-20-11-4-3-5-13(20)6-7-14-15-8-9-17(18(22)19(23)24)21(15,2)12-10-16(14)20/h13-17,19,23-24H,3-12H2,1-2H3/t13-,14-,15+,16+,17-,20+,21-/m1/s1. The SMILES string of the molecule is C[C@]12CCCC[C@@H]1CC[C@H]1[C@@H]2CC[C@@]2(C)[C@@H](C(=O)C(O)O)CC[C@@H]12. The normalized spacial score (nSPS) is 51.0. The van der Waals surface area contributed by atoms with E-state index in [0.29, 0.717) is 11.3 Å². The van der Waals surface area contributed by atoms with E-state index in [1.54, 1.807) is 0 Å². The van der Waals surface area contributed by atoms with Crippen molar-refractivity contribution in [1.82, 2.24) is 0 Å². The van der Waals surface area contributed by atoms with E-state index in [1.807, 2.05) is 0 Å². The number of aliphatic hydroxyl groups excluding tert-OH is 1. The first kappa shape index (κ1) is 17.0. The Hall–Kier alpha value is -0.410. The second-order valence-corrected chi connectivity index (χ2v) is 9.85. The predicted octanol–water partition coefficient (Wildman–Crippen LogP) is 3.92. The summed E-state index contributed by atoms with van der Waals surface area (Å²) < 4.78 is 0. The second-order valence-electron chi connectivity index (χ2n) is 9.85. The lowest BCUT2D eigenvalue weighted by Gasteiger charge is -2.60. The monoisotopic (exact) mass is 334 g/mol. The molecule has 0 aromatic heterocycles. The molecular weight excluding hydrogens is 300 g/mol. The highest BCUT2D eigenvalue weighted by atomic mass is 16.5. The first-order valence-corrected chi connectivity index (χ1v) is 10.3. The molecule has 0 amide bonds. The predicted molar refractivity (Wildman–Crippen MR) is 93.1 cm³/mol. The molecule has 0 spiro atoms. The number of rotatable bonds is 2. The molecule has 0 bridgehead atoms. The van der Waals surface area contributed by atoms with Crippen molar-refractivity contribution in [2.75, 3.05) is 0 Å². The van der Waals surface area contributed by atoms with Crippen LogP contribution in [0.2, 0.25) is 0 Å². The minimum Gasteiger partial charge on any atom is -0.362 e. The first-order valence-electron chi connectivity index (χ1n) is 10.3. The molecule has 4 fully saturated rings. The van der Waals surface area contributed by atoms with Gasteiger partial charge in [0.1, 0.15) is 0 Å². The zero-order chi connectivity index (χ0) is 17.1. The van der Waals surface area contributed by atoms with E-state index in [1.165, 1.54) is 44.9 Å². The zero-order valence-electron chi connectivity index (χ0n) is 15.3.